The smallest absolute Gasteiger partial charge is 0.381 e. The summed E-state index contributed by atoms with van der Waals surface area (Å²) in [5.41, 5.74) is -0.565. The van der Waals surface area contributed by atoms with Crippen molar-refractivity contribution in [2.24, 2.45) is 0 Å². The zero-order chi connectivity index (χ0) is 23.1. The monoisotopic (exact) mass is 478 g/mol. The fraction of sp³-hybridized carbons (Fsp3) is 0.800. The first-order valence-corrected chi connectivity index (χ1v) is 12.3. The second-order valence-corrected chi connectivity index (χ2v) is 10.8. The minimum Gasteiger partial charge on any atom is -0.381 e. The van der Waals surface area contributed by atoms with Crippen LogP contribution in [0.25, 0.3) is 0 Å². The molecule has 1 aromatic heterocycles. The Hall–Kier alpha value is -1.34. The second kappa shape index (κ2) is 8.79. The van der Waals surface area contributed by atoms with Crippen LogP contribution in [0.2, 0.25) is 0 Å². The van der Waals surface area contributed by atoms with Crippen LogP contribution in [-0.2, 0) is 25.7 Å². The van der Waals surface area contributed by atoms with Crippen molar-refractivity contribution in [2.75, 3.05) is 40.0 Å². The molecule has 3 aliphatic rings. The van der Waals surface area contributed by atoms with E-state index in [1.807, 2.05) is 0 Å². The van der Waals surface area contributed by atoms with E-state index in [9.17, 15) is 21.6 Å². The number of halogens is 3. The van der Waals surface area contributed by atoms with Gasteiger partial charge in [0, 0.05) is 38.4 Å². The van der Waals surface area contributed by atoms with Crippen molar-refractivity contribution in [1.82, 2.24) is 19.2 Å². The van der Waals surface area contributed by atoms with E-state index >= 15 is 0 Å². The largest absolute Gasteiger partial charge is 0.451 e. The minimum absolute atomic E-state index is 0.206. The highest BCUT2D eigenvalue weighted by Crippen LogP contribution is 2.39. The van der Waals surface area contributed by atoms with Crippen molar-refractivity contribution < 1.29 is 31.1 Å². The molecule has 0 amide bonds. The summed E-state index contributed by atoms with van der Waals surface area (Å²) in [4.78, 5) is 8.70. The van der Waals surface area contributed by atoms with Gasteiger partial charge in [0.2, 0.25) is 15.8 Å². The lowest BCUT2D eigenvalue weighted by atomic mass is 9.87. The number of rotatable bonds is 4. The summed E-state index contributed by atoms with van der Waals surface area (Å²) in [5.74, 6) is -1.34. The molecule has 0 N–H and O–H groups in total. The number of hydrogen-bond donors (Lipinski definition) is 0. The molecule has 0 bridgehead atoms. The van der Waals surface area contributed by atoms with Gasteiger partial charge in [0.25, 0.3) is 0 Å². The molecule has 1 unspecified atom stereocenters. The quantitative estimate of drug-likeness (QED) is 0.656. The summed E-state index contributed by atoms with van der Waals surface area (Å²) >= 11 is 0. The van der Waals surface area contributed by atoms with Crippen LogP contribution in [-0.4, -0.2) is 85.2 Å². The Labute approximate surface area is 186 Å². The summed E-state index contributed by atoms with van der Waals surface area (Å²) in [6.45, 7) is 3.91. The van der Waals surface area contributed by atoms with Gasteiger partial charge < -0.3 is 9.47 Å². The summed E-state index contributed by atoms with van der Waals surface area (Å²) < 4.78 is 77.5. The average Bonchev–Trinajstić information content (AvgIpc) is 3.16. The van der Waals surface area contributed by atoms with Gasteiger partial charge in [0.1, 0.15) is 4.90 Å². The van der Waals surface area contributed by atoms with Crippen molar-refractivity contribution in [3.63, 3.8) is 0 Å². The van der Waals surface area contributed by atoms with Gasteiger partial charge in [-0.3, -0.25) is 4.90 Å². The Morgan fingerprint density at radius 1 is 1.19 bits per heavy atom. The Morgan fingerprint density at radius 3 is 2.44 bits per heavy atom. The standard InChI is InChI=1S/C20H29F3N4O4S/c1-14-17(12-24-18(25-14)20(21,22)23)32(28,29)27-7-5-19(6-8-27)11-16(13-31-19)26(2)15-3-9-30-10-4-15/h12,15-16H,3-11,13H2,1-2H3. The summed E-state index contributed by atoms with van der Waals surface area (Å²) in [5, 5.41) is 0. The first-order valence-electron chi connectivity index (χ1n) is 10.9. The van der Waals surface area contributed by atoms with Gasteiger partial charge in [-0.15, -0.1) is 0 Å². The predicted molar refractivity (Wildman–Crippen MR) is 108 cm³/mol. The molecule has 180 valence electrons. The zero-order valence-electron chi connectivity index (χ0n) is 18.3. The van der Waals surface area contributed by atoms with Crippen LogP contribution >= 0.6 is 0 Å². The average molecular weight is 479 g/mol. The third kappa shape index (κ3) is 4.65. The van der Waals surface area contributed by atoms with Crippen molar-refractivity contribution >= 4 is 10.0 Å². The van der Waals surface area contributed by atoms with E-state index in [0.717, 1.165) is 38.7 Å². The molecule has 4 rings (SSSR count). The molecule has 32 heavy (non-hydrogen) atoms. The van der Waals surface area contributed by atoms with Crippen LogP contribution < -0.4 is 0 Å². The molecule has 3 saturated heterocycles. The number of hydrogen-bond acceptors (Lipinski definition) is 7. The molecule has 0 aromatic carbocycles. The number of aryl methyl sites for hydroxylation is 1. The van der Waals surface area contributed by atoms with Crippen LogP contribution in [0.1, 0.15) is 43.6 Å². The van der Waals surface area contributed by atoms with Crippen molar-refractivity contribution in [1.29, 1.82) is 0 Å². The Kier molecular flexibility index (Phi) is 6.54. The van der Waals surface area contributed by atoms with Crippen LogP contribution in [0.3, 0.4) is 0 Å². The normalized spacial score (nSPS) is 25.6. The first-order chi connectivity index (χ1) is 15.0. The number of alkyl halides is 3. The fourth-order valence-electron chi connectivity index (χ4n) is 4.94. The van der Waals surface area contributed by atoms with Gasteiger partial charge in [-0.25, -0.2) is 18.4 Å². The van der Waals surface area contributed by atoms with E-state index in [4.69, 9.17) is 9.47 Å². The highest BCUT2D eigenvalue weighted by molar-refractivity contribution is 7.89. The number of nitrogens with zero attached hydrogens (tertiary/aromatic N) is 4. The molecule has 0 aliphatic carbocycles. The SMILES string of the molecule is Cc1nc(C(F)(F)F)ncc1S(=O)(=O)N1CCC2(CC1)CC(N(C)C1CCOCC1)CO2. The minimum atomic E-state index is -4.72. The molecule has 12 heteroatoms. The van der Waals surface area contributed by atoms with E-state index < -0.39 is 22.0 Å². The van der Waals surface area contributed by atoms with E-state index in [-0.39, 0.29) is 35.3 Å². The third-order valence-corrected chi connectivity index (χ3v) is 8.97. The van der Waals surface area contributed by atoms with E-state index in [1.54, 1.807) is 0 Å². The number of aromatic nitrogens is 2. The molecule has 4 heterocycles. The van der Waals surface area contributed by atoms with Crippen LogP contribution in [0.15, 0.2) is 11.1 Å². The second-order valence-electron chi connectivity index (χ2n) is 8.91. The third-order valence-electron chi connectivity index (χ3n) is 6.97. The fourth-order valence-corrected chi connectivity index (χ4v) is 6.49. The zero-order valence-corrected chi connectivity index (χ0v) is 19.1. The van der Waals surface area contributed by atoms with Gasteiger partial charge in [-0.2, -0.15) is 17.5 Å². The predicted octanol–water partition coefficient (Wildman–Crippen LogP) is 2.23. The molecule has 8 nitrogen and oxygen atoms in total. The topological polar surface area (TPSA) is 84.9 Å². The van der Waals surface area contributed by atoms with Crippen LogP contribution in [0, 0.1) is 6.92 Å². The molecule has 1 aromatic rings. The maximum Gasteiger partial charge on any atom is 0.451 e. The molecular formula is C20H29F3N4O4S. The van der Waals surface area contributed by atoms with Gasteiger partial charge in [-0.1, -0.05) is 0 Å². The number of piperidine rings is 1. The number of ether oxygens (including phenoxy) is 2. The Balaban J connectivity index is 1.40. The van der Waals surface area contributed by atoms with Gasteiger partial charge in [-0.05, 0) is 46.1 Å². The van der Waals surface area contributed by atoms with E-state index in [2.05, 4.69) is 21.9 Å². The summed E-state index contributed by atoms with van der Waals surface area (Å²) in [6, 6.07) is 0.752. The lowest BCUT2D eigenvalue weighted by Crippen LogP contribution is -2.48. The maximum absolute atomic E-state index is 13.1. The lowest BCUT2D eigenvalue weighted by Gasteiger charge is -2.39. The van der Waals surface area contributed by atoms with Crippen LogP contribution in [0.5, 0.6) is 0 Å². The molecular weight excluding hydrogens is 449 g/mol. The Bertz CT molecular complexity index is 929. The van der Waals surface area contributed by atoms with E-state index in [0.29, 0.717) is 25.5 Å². The van der Waals surface area contributed by atoms with Crippen LogP contribution in [0.4, 0.5) is 13.2 Å². The Morgan fingerprint density at radius 2 is 1.84 bits per heavy atom. The molecule has 1 spiro atoms. The maximum atomic E-state index is 13.1. The molecule has 0 saturated carbocycles. The first kappa shape index (κ1) is 23.8. The molecule has 3 fully saturated rings. The van der Waals surface area contributed by atoms with Crippen molar-refractivity contribution in [3.05, 3.63) is 17.7 Å². The highest BCUT2D eigenvalue weighted by Gasteiger charge is 2.47. The molecule has 0 radical (unpaired) electrons. The lowest BCUT2D eigenvalue weighted by molar-refractivity contribution is -0.145. The van der Waals surface area contributed by atoms with Crippen molar-refractivity contribution in [3.8, 4) is 0 Å². The summed E-state index contributed by atoms with van der Waals surface area (Å²) in [6.07, 6.45) is -0.0252. The molecule has 1 atom stereocenters. The molecule has 3 aliphatic heterocycles. The van der Waals surface area contributed by atoms with Crippen molar-refractivity contribution in [2.45, 2.75) is 67.8 Å². The van der Waals surface area contributed by atoms with Gasteiger partial charge in [0.15, 0.2) is 0 Å². The van der Waals surface area contributed by atoms with E-state index in [1.165, 1.54) is 11.2 Å². The number of likely N-dealkylation sites (N-methyl/N-ethyl adjacent to an activating group) is 1. The van der Waals surface area contributed by atoms with Gasteiger partial charge in [0.05, 0.1) is 24.1 Å². The summed E-state index contributed by atoms with van der Waals surface area (Å²) in [7, 11) is -1.87. The highest BCUT2D eigenvalue weighted by atomic mass is 32.2. The van der Waals surface area contributed by atoms with Gasteiger partial charge >= 0.3 is 6.18 Å². The number of sulfonamides is 1.